The molecule has 0 aliphatic carbocycles. The van der Waals surface area contributed by atoms with Gasteiger partial charge in [0.15, 0.2) is 0 Å². The fourth-order valence-corrected chi connectivity index (χ4v) is 4.15. The van der Waals surface area contributed by atoms with Gasteiger partial charge in [-0.05, 0) is 58.7 Å². The highest BCUT2D eigenvalue weighted by molar-refractivity contribution is 9.10. The van der Waals surface area contributed by atoms with Gasteiger partial charge in [0.25, 0.3) is 10.0 Å². The molecule has 0 amide bonds. The maximum atomic E-state index is 12.3. The molecule has 0 fully saturated rings. The third kappa shape index (κ3) is 3.47. The van der Waals surface area contributed by atoms with Crippen LogP contribution >= 0.6 is 39.1 Å². The molecule has 0 aliphatic heterocycles. The second-order valence-corrected chi connectivity index (χ2v) is 7.51. The topological polar surface area (TPSA) is 46.2 Å². The quantitative estimate of drug-likeness (QED) is 0.807. The van der Waals surface area contributed by atoms with Crippen molar-refractivity contribution in [2.24, 2.45) is 0 Å². The Morgan fingerprint density at radius 1 is 1.10 bits per heavy atom. The van der Waals surface area contributed by atoms with Crippen LogP contribution in [0.4, 0.5) is 5.69 Å². The largest absolute Gasteiger partial charge is 0.278 e. The predicted octanol–water partition coefficient (Wildman–Crippen LogP) is 4.87. The Kier molecular flexibility index (Phi) is 4.64. The first-order chi connectivity index (χ1) is 9.29. The molecule has 2 aromatic rings. The van der Waals surface area contributed by atoms with Crippen molar-refractivity contribution in [3.8, 4) is 0 Å². The van der Waals surface area contributed by atoms with Crippen molar-refractivity contribution in [3.05, 3.63) is 56.5 Å². The molecule has 0 aliphatic rings. The van der Waals surface area contributed by atoms with Gasteiger partial charge in [0.1, 0.15) is 4.90 Å². The fraction of sp³-hybridized carbons (Fsp3) is 0.0769. The normalized spacial score (nSPS) is 11.4. The summed E-state index contributed by atoms with van der Waals surface area (Å²) in [6, 6.07) is 9.59. The first kappa shape index (κ1) is 15.6. The summed E-state index contributed by atoms with van der Waals surface area (Å²) in [6.45, 7) is 1.91. The van der Waals surface area contributed by atoms with Crippen molar-refractivity contribution in [1.29, 1.82) is 0 Å². The third-order valence-corrected chi connectivity index (χ3v) is 5.29. The predicted molar refractivity (Wildman–Crippen MR) is 86.1 cm³/mol. The van der Waals surface area contributed by atoms with E-state index in [1.165, 1.54) is 18.2 Å². The van der Waals surface area contributed by atoms with Crippen molar-refractivity contribution >= 4 is 54.8 Å². The van der Waals surface area contributed by atoms with Gasteiger partial charge in [-0.25, -0.2) is 8.42 Å². The number of nitrogens with one attached hydrogen (secondary N) is 1. The molecule has 0 spiro atoms. The van der Waals surface area contributed by atoms with Gasteiger partial charge in [0.05, 0.1) is 10.7 Å². The van der Waals surface area contributed by atoms with Gasteiger partial charge in [0.2, 0.25) is 0 Å². The number of sulfonamides is 1. The molecule has 0 radical (unpaired) electrons. The zero-order valence-corrected chi connectivity index (χ0v) is 14.2. The average molecular weight is 395 g/mol. The maximum absolute atomic E-state index is 12.3. The Morgan fingerprint density at radius 3 is 2.45 bits per heavy atom. The summed E-state index contributed by atoms with van der Waals surface area (Å²) in [6.07, 6.45) is 0. The first-order valence-electron chi connectivity index (χ1n) is 5.53. The van der Waals surface area contributed by atoms with Crippen LogP contribution in [0.1, 0.15) is 5.56 Å². The molecule has 0 aromatic heterocycles. The summed E-state index contributed by atoms with van der Waals surface area (Å²) < 4.78 is 27.8. The minimum Gasteiger partial charge on any atom is -0.278 e. The number of benzene rings is 2. The van der Waals surface area contributed by atoms with Crippen LogP contribution in [-0.4, -0.2) is 8.42 Å². The Bertz CT molecular complexity index is 763. The van der Waals surface area contributed by atoms with E-state index in [2.05, 4.69) is 20.7 Å². The van der Waals surface area contributed by atoms with E-state index in [0.717, 1.165) is 5.56 Å². The van der Waals surface area contributed by atoms with Gasteiger partial charge >= 0.3 is 0 Å². The molecule has 0 bridgehead atoms. The lowest BCUT2D eigenvalue weighted by atomic mass is 10.2. The van der Waals surface area contributed by atoms with E-state index >= 15 is 0 Å². The van der Waals surface area contributed by atoms with Crippen LogP contribution in [0.2, 0.25) is 10.0 Å². The molecular weight excluding hydrogens is 385 g/mol. The molecule has 1 N–H and O–H groups in total. The Hall–Kier alpha value is -0.750. The molecule has 2 rings (SSSR count). The van der Waals surface area contributed by atoms with E-state index in [1.54, 1.807) is 6.07 Å². The van der Waals surface area contributed by atoms with Crippen LogP contribution in [0.5, 0.6) is 0 Å². The fourth-order valence-electron chi connectivity index (χ4n) is 1.59. The number of hydrogen-bond acceptors (Lipinski definition) is 2. The van der Waals surface area contributed by atoms with Crippen LogP contribution in [0, 0.1) is 6.92 Å². The molecule has 0 saturated heterocycles. The average Bonchev–Trinajstić information content (AvgIpc) is 2.35. The highest BCUT2D eigenvalue weighted by atomic mass is 79.9. The minimum atomic E-state index is -3.80. The Morgan fingerprint density at radius 2 is 1.80 bits per heavy atom. The zero-order valence-electron chi connectivity index (χ0n) is 10.3. The van der Waals surface area contributed by atoms with Crippen LogP contribution in [-0.2, 0) is 10.0 Å². The van der Waals surface area contributed by atoms with E-state index in [-0.39, 0.29) is 9.92 Å². The second-order valence-electron chi connectivity index (χ2n) is 4.16. The lowest BCUT2D eigenvalue weighted by molar-refractivity contribution is 0.601. The van der Waals surface area contributed by atoms with Crippen LogP contribution < -0.4 is 4.72 Å². The first-order valence-corrected chi connectivity index (χ1v) is 8.57. The standard InChI is InChI=1S/C13H10BrCl2NO2S/c1-8-2-5-12(10(14)6-8)17-20(18,19)13-7-9(15)3-4-11(13)16/h2-7,17H,1H3. The van der Waals surface area contributed by atoms with Crippen molar-refractivity contribution < 1.29 is 8.42 Å². The van der Waals surface area contributed by atoms with Gasteiger partial charge in [-0.3, -0.25) is 4.72 Å². The molecule has 0 unspecified atom stereocenters. The van der Waals surface area contributed by atoms with E-state index in [1.807, 2.05) is 19.1 Å². The lowest BCUT2D eigenvalue weighted by Crippen LogP contribution is -2.14. The van der Waals surface area contributed by atoms with Crippen molar-refractivity contribution in [3.63, 3.8) is 0 Å². The van der Waals surface area contributed by atoms with Crippen LogP contribution in [0.25, 0.3) is 0 Å². The van der Waals surface area contributed by atoms with Crippen molar-refractivity contribution in [2.75, 3.05) is 4.72 Å². The number of halogens is 3. The minimum absolute atomic E-state index is 0.0564. The molecule has 7 heteroatoms. The number of hydrogen-bond donors (Lipinski definition) is 1. The second kappa shape index (κ2) is 5.93. The summed E-state index contributed by atoms with van der Waals surface area (Å²) >= 11 is 15.1. The molecular formula is C13H10BrCl2NO2S. The van der Waals surface area contributed by atoms with Gasteiger partial charge in [-0.1, -0.05) is 29.3 Å². The van der Waals surface area contributed by atoms with Crippen molar-refractivity contribution in [2.45, 2.75) is 11.8 Å². The molecule has 2 aromatic carbocycles. The Labute approximate surface area is 136 Å². The zero-order chi connectivity index (χ0) is 14.9. The van der Waals surface area contributed by atoms with Gasteiger partial charge < -0.3 is 0 Å². The SMILES string of the molecule is Cc1ccc(NS(=O)(=O)c2cc(Cl)ccc2Cl)c(Br)c1. The molecule has 3 nitrogen and oxygen atoms in total. The highest BCUT2D eigenvalue weighted by Gasteiger charge is 2.19. The van der Waals surface area contributed by atoms with Gasteiger partial charge in [-0.2, -0.15) is 0 Å². The highest BCUT2D eigenvalue weighted by Crippen LogP contribution is 2.29. The summed E-state index contributed by atoms with van der Waals surface area (Å²) in [5.74, 6) is 0. The van der Waals surface area contributed by atoms with E-state index in [9.17, 15) is 8.42 Å². The number of anilines is 1. The molecule has 0 saturated carbocycles. The summed E-state index contributed by atoms with van der Waals surface area (Å²) in [4.78, 5) is -0.0564. The molecule has 0 heterocycles. The summed E-state index contributed by atoms with van der Waals surface area (Å²) in [7, 11) is -3.80. The number of aryl methyl sites for hydroxylation is 1. The molecule has 106 valence electrons. The summed E-state index contributed by atoms with van der Waals surface area (Å²) in [5, 5.41) is 0.419. The van der Waals surface area contributed by atoms with Gasteiger partial charge in [-0.15, -0.1) is 0 Å². The smallest absolute Gasteiger partial charge is 0.263 e. The van der Waals surface area contributed by atoms with E-state index in [4.69, 9.17) is 23.2 Å². The van der Waals surface area contributed by atoms with E-state index < -0.39 is 10.0 Å². The van der Waals surface area contributed by atoms with Crippen molar-refractivity contribution in [1.82, 2.24) is 0 Å². The van der Waals surface area contributed by atoms with Crippen LogP contribution in [0.15, 0.2) is 45.8 Å². The molecule has 20 heavy (non-hydrogen) atoms. The van der Waals surface area contributed by atoms with Gasteiger partial charge in [0, 0.05) is 9.50 Å². The Balaban J connectivity index is 2.43. The number of rotatable bonds is 3. The maximum Gasteiger partial charge on any atom is 0.263 e. The van der Waals surface area contributed by atoms with E-state index in [0.29, 0.717) is 15.2 Å². The lowest BCUT2D eigenvalue weighted by Gasteiger charge is -2.11. The molecule has 0 atom stereocenters. The summed E-state index contributed by atoms with van der Waals surface area (Å²) in [5.41, 5.74) is 1.45. The monoisotopic (exact) mass is 393 g/mol. The van der Waals surface area contributed by atoms with Crippen LogP contribution in [0.3, 0.4) is 0 Å². The third-order valence-electron chi connectivity index (χ3n) is 2.55.